The molecule has 0 amide bonds. The summed E-state index contributed by atoms with van der Waals surface area (Å²) in [7, 11) is 0. The topological polar surface area (TPSA) is 27.0 Å². The zero-order chi connectivity index (χ0) is 9.56. The number of alkyl halides is 2. The normalized spacial score (nSPS) is 11.2. The molecule has 0 aliphatic heterocycles. The van der Waals surface area contributed by atoms with E-state index in [0.29, 0.717) is 13.0 Å². The molecular formula is C8H14F2N2. The Morgan fingerprint density at radius 3 is 2.33 bits per heavy atom. The van der Waals surface area contributed by atoms with E-state index in [2.05, 4.69) is 0 Å². The number of hydrogen-bond donors (Lipinski definition) is 0. The molecule has 0 unspecified atom stereocenters. The molecule has 0 radical (unpaired) electrons. The summed E-state index contributed by atoms with van der Waals surface area (Å²) in [4.78, 5) is 1.61. The maximum absolute atomic E-state index is 11.9. The highest BCUT2D eigenvalue weighted by Gasteiger charge is 2.13. The van der Waals surface area contributed by atoms with E-state index in [1.54, 1.807) is 4.90 Å². The molecule has 0 aliphatic carbocycles. The molecule has 2 nitrogen and oxygen atoms in total. The van der Waals surface area contributed by atoms with Crippen molar-refractivity contribution in [2.24, 2.45) is 0 Å². The fraction of sp³-hybridized carbons (Fsp3) is 0.875. The van der Waals surface area contributed by atoms with Gasteiger partial charge in [0.15, 0.2) is 0 Å². The summed E-state index contributed by atoms with van der Waals surface area (Å²) in [5, 5.41) is 8.27. The summed E-state index contributed by atoms with van der Waals surface area (Å²) in [5.74, 6) is 0. The molecule has 70 valence electrons. The molecule has 0 spiro atoms. The van der Waals surface area contributed by atoms with Crippen molar-refractivity contribution in [2.45, 2.75) is 32.7 Å². The smallest absolute Gasteiger partial charge is 0.251 e. The standard InChI is InChI=1S/C8H14F2N2/c1-7(2)12(5-3-4-11)6-8(9)10/h7-8H,3,5-6H2,1-2H3. The molecule has 0 saturated carbocycles. The van der Waals surface area contributed by atoms with Crippen LogP contribution in [0.3, 0.4) is 0 Å². The molecule has 0 fully saturated rings. The van der Waals surface area contributed by atoms with Gasteiger partial charge < -0.3 is 0 Å². The van der Waals surface area contributed by atoms with Gasteiger partial charge in [-0.2, -0.15) is 5.26 Å². The van der Waals surface area contributed by atoms with Crippen molar-refractivity contribution in [1.29, 1.82) is 5.26 Å². The van der Waals surface area contributed by atoms with Crippen LogP contribution in [-0.4, -0.2) is 30.5 Å². The Hall–Kier alpha value is -0.690. The monoisotopic (exact) mass is 176 g/mol. The first-order chi connectivity index (χ1) is 5.57. The van der Waals surface area contributed by atoms with Gasteiger partial charge in [-0.05, 0) is 13.8 Å². The van der Waals surface area contributed by atoms with E-state index in [1.807, 2.05) is 19.9 Å². The highest BCUT2D eigenvalue weighted by molar-refractivity contribution is 4.74. The minimum Gasteiger partial charge on any atom is -0.294 e. The lowest BCUT2D eigenvalue weighted by molar-refractivity contribution is 0.0744. The first-order valence-electron chi connectivity index (χ1n) is 3.97. The maximum Gasteiger partial charge on any atom is 0.251 e. The van der Waals surface area contributed by atoms with Gasteiger partial charge in [0.1, 0.15) is 0 Å². The quantitative estimate of drug-likeness (QED) is 0.639. The van der Waals surface area contributed by atoms with E-state index in [4.69, 9.17) is 5.26 Å². The van der Waals surface area contributed by atoms with Crippen molar-refractivity contribution < 1.29 is 8.78 Å². The van der Waals surface area contributed by atoms with Crippen LogP contribution < -0.4 is 0 Å². The second kappa shape index (κ2) is 5.90. The van der Waals surface area contributed by atoms with Crippen molar-refractivity contribution >= 4 is 0 Å². The SMILES string of the molecule is CC(C)N(CCC#N)CC(F)F. The van der Waals surface area contributed by atoms with E-state index in [9.17, 15) is 8.78 Å². The lowest BCUT2D eigenvalue weighted by Crippen LogP contribution is -2.35. The number of hydrogen-bond acceptors (Lipinski definition) is 2. The maximum atomic E-state index is 11.9. The summed E-state index contributed by atoms with van der Waals surface area (Å²) in [6.07, 6.45) is -2.00. The van der Waals surface area contributed by atoms with Crippen LogP contribution in [0, 0.1) is 11.3 Å². The summed E-state index contributed by atoms with van der Waals surface area (Å²) in [6.45, 7) is 3.89. The van der Waals surface area contributed by atoms with Gasteiger partial charge in [0.05, 0.1) is 12.6 Å². The third-order valence-electron chi connectivity index (χ3n) is 1.61. The van der Waals surface area contributed by atoms with Crippen LogP contribution in [-0.2, 0) is 0 Å². The minimum absolute atomic E-state index is 0.0763. The fourth-order valence-corrected chi connectivity index (χ4v) is 0.931. The van der Waals surface area contributed by atoms with Crippen LogP contribution in [0.1, 0.15) is 20.3 Å². The summed E-state index contributed by atoms with van der Waals surface area (Å²) >= 11 is 0. The summed E-state index contributed by atoms with van der Waals surface area (Å²) in [5.41, 5.74) is 0. The highest BCUT2D eigenvalue weighted by Crippen LogP contribution is 2.03. The van der Waals surface area contributed by atoms with Crippen LogP contribution in [0.2, 0.25) is 0 Å². The summed E-state index contributed by atoms with van der Waals surface area (Å²) < 4.78 is 23.9. The first kappa shape index (κ1) is 11.3. The van der Waals surface area contributed by atoms with Crippen molar-refractivity contribution in [3.8, 4) is 6.07 Å². The number of nitrogens with zero attached hydrogens (tertiary/aromatic N) is 2. The fourth-order valence-electron chi connectivity index (χ4n) is 0.931. The Morgan fingerprint density at radius 1 is 1.42 bits per heavy atom. The zero-order valence-electron chi connectivity index (χ0n) is 7.43. The zero-order valence-corrected chi connectivity index (χ0v) is 7.43. The second-order valence-corrected chi connectivity index (χ2v) is 2.89. The van der Waals surface area contributed by atoms with Crippen molar-refractivity contribution in [2.75, 3.05) is 13.1 Å². The lowest BCUT2D eigenvalue weighted by atomic mass is 10.3. The Kier molecular flexibility index (Phi) is 5.56. The Morgan fingerprint density at radius 2 is 2.00 bits per heavy atom. The molecule has 0 atom stereocenters. The third kappa shape index (κ3) is 5.03. The molecule has 0 heterocycles. The highest BCUT2D eigenvalue weighted by atomic mass is 19.3. The number of rotatable bonds is 5. The van der Waals surface area contributed by atoms with Crippen LogP contribution >= 0.6 is 0 Å². The third-order valence-corrected chi connectivity index (χ3v) is 1.61. The van der Waals surface area contributed by atoms with Gasteiger partial charge in [-0.15, -0.1) is 0 Å². The Balaban J connectivity index is 3.80. The van der Waals surface area contributed by atoms with Crippen LogP contribution in [0.15, 0.2) is 0 Å². The molecule has 0 aromatic carbocycles. The predicted octanol–water partition coefficient (Wildman–Crippen LogP) is 1.88. The van der Waals surface area contributed by atoms with Gasteiger partial charge in [-0.25, -0.2) is 8.78 Å². The molecule has 0 rings (SSSR count). The van der Waals surface area contributed by atoms with Gasteiger partial charge in [-0.3, -0.25) is 4.90 Å². The van der Waals surface area contributed by atoms with E-state index in [1.165, 1.54) is 0 Å². The van der Waals surface area contributed by atoms with E-state index in [-0.39, 0.29) is 12.6 Å². The summed E-state index contributed by atoms with van der Waals surface area (Å²) in [6, 6.07) is 2.02. The molecule has 0 bridgehead atoms. The van der Waals surface area contributed by atoms with Gasteiger partial charge in [0.2, 0.25) is 0 Å². The molecule has 0 aromatic rings. The second-order valence-electron chi connectivity index (χ2n) is 2.89. The van der Waals surface area contributed by atoms with Gasteiger partial charge >= 0.3 is 0 Å². The lowest BCUT2D eigenvalue weighted by Gasteiger charge is -2.24. The largest absolute Gasteiger partial charge is 0.294 e. The van der Waals surface area contributed by atoms with Crippen LogP contribution in [0.4, 0.5) is 8.78 Å². The van der Waals surface area contributed by atoms with Gasteiger partial charge in [-0.1, -0.05) is 0 Å². The molecule has 0 N–H and O–H groups in total. The van der Waals surface area contributed by atoms with E-state index < -0.39 is 6.43 Å². The number of halogens is 2. The van der Waals surface area contributed by atoms with Gasteiger partial charge in [0, 0.05) is 19.0 Å². The molecule has 0 aliphatic rings. The molecule has 12 heavy (non-hydrogen) atoms. The Labute approximate surface area is 71.8 Å². The van der Waals surface area contributed by atoms with Crippen molar-refractivity contribution in [3.05, 3.63) is 0 Å². The minimum atomic E-state index is -2.31. The van der Waals surface area contributed by atoms with Gasteiger partial charge in [0.25, 0.3) is 6.43 Å². The molecule has 0 aromatic heterocycles. The average Bonchev–Trinajstić information content (AvgIpc) is 1.96. The van der Waals surface area contributed by atoms with Crippen molar-refractivity contribution in [1.82, 2.24) is 4.90 Å². The number of nitriles is 1. The van der Waals surface area contributed by atoms with E-state index in [0.717, 1.165) is 0 Å². The van der Waals surface area contributed by atoms with E-state index >= 15 is 0 Å². The molecule has 4 heteroatoms. The molecular weight excluding hydrogens is 162 g/mol. The predicted molar refractivity (Wildman–Crippen MR) is 42.9 cm³/mol. The molecule has 0 saturated heterocycles. The van der Waals surface area contributed by atoms with Crippen LogP contribution in [0.25, 0.3) is 0 Å². The average molecular weight is 176 g/mol. The first-order valence-corrected chi connectivity index (χ1v) is 3.97. The Bertz CT molecular complexity index is 152. The van der Waals surface area contributed by atoms with Crippen LogP contribution in [0.5, 0.6) is 0 Å². The van der Waals surface area contributed by atoms with Crippen molar-refractivity contribution in [3.63, 3.8) is 0 Å².